The van der Waals surface area contributed by atoms with E-state index >= 15 is 0 Å². The molecule has 0 aliphatic heterocycles. The van der Waals surface area contributed by atoms with Gasteiger partial charge in [-0.1, -0.05) is 47.0 Å². The highest BCUT2D eigenvalue weighted by Gasteiger charge is 2.10. The van der Waals surface area contributed by atoms with Crippen molar-refractivity contribution < 1.29 is 0 Å². The van der Waals surface area contributed by atoms with Gasteiger partial charge in [-0.3, -0.25) is 0 Å². The van der Waals surface area contributed by atoms with Gasteiger partial charge in [0.2, 0.25) is 0 Å². The summed E-state index contributed by atoms with van der Waals surface area (Å²) >= 11 is 0. The number of hydrogen-bond donors (Lipinski definition) is 1. The largest absolute Gasteiger partial charge is 0.315 e. The number of nitrogens with zero attached hydrogens (tertiary/aromatic N) is 1. The molecule has 0 aliphatic carbocycles. The molecule has 1 atom stereocenters. The summed E-state index contributed by atoms with van der Waals surface area (Å²) < 4.78 is 0. The average molecular weight is 271 g/mol. The topological polar surface area (TPSA) is 15.3 Å². The summed E-state index contributed by atoms with van der Waals surface area (Å²) in [5.41, 5.74) is 0. The molecule has 1 unspecified atom stereocenters. The van der Waals surface area contributed by atoms with Crippen molar-refractivity contribution >= 4 is 0 Å². The van der Waals surface area contributed by atoms with Gasteiger partial charge in [-0.05, 0) is 52.2 Å². The van der Waals surface area contributed by atoms with Gasteiger partial charge in [-0.25, -0.2) is 0 Å². The van der Waals surface area contributed by atoms with Crippen LogP contribution in [0.5, 0.6) is 0 Å². The number of rotatable bonds is 13. The standard InChI is InChI=1S/C17H38N2/c1-6-8-14-19(17(5)7-2)15-12-10-9-11-13-18-16(3)4/h16-18H,6-15H2,1-5H3. The summed E-state index contributed by atoms with van der Waals surface area (Å²) in [6, 6.07) is 1.39. The summed E-state index contributed by atoms with van der Waals surface area (Å²) in [5.74, 6) is 0. The molecule has 0 saturated heterocycles. The molecule has 0 aliphatic rings. The monoisotopic (exact) mass is 270 g/mol. The van der Waals surface area contributed by atoms with E-state index in [-0.39, 0.29) is 0 Å². The van der Waals surface area contributed by atoms with Gasteiger partial charge in [0.25, 0.3) is 0 Å². The SMILES string of the molecule is CCCCN(CCCCCCNC(C)C)C(C)CC. The lowest BCUT2D eigenvalue weighted by molar-refractivity contribution is 0.196. The first-order valence-electron chi connectivity index (χ1n) is 8.59. The fourth-order valence-corrected chi connectivity index (χ4v) is 2.36. The van der Waals surface area contributed by atoms with Crippen molar-refractivity contribution in [3.63, 3.8) is 0 Å². The Labute approximate surface area is 122 Å². The molecular weight excluding hydrogens is 232 g/mol. The molecule has 0 spiro atoms. The summed E-state index contributed by atoms with van der Waals surface area (Å²) in [6.07, 6.45) is 9.41. The first-order chi connectivity index (χ1) is 9.11. The molecule has 0 aromatic heterocycles. The summed E-state index contributed by atoms with van der Waals surface area (Å²) in [5, 5.41) is 3.49. The van der Waals surface area contributed by atoms with Crippen molar-refractivity contribution in [3.8, 4) is 0 Å². The van der Waals surface area contributed by atoms with Gasteiger partial charge in [-0.15, -0.1) is 0 Å². The van der Waals surface area contributed by atoms with Crippen molar-refractivity contribution in [2.45, 2.75) is 91.6 Å². The lowest BCUT2D eigenvalue weighted by Gasteiger charge is -2.28. The first-order valence-corrected chi connectivity index (χ1v) is 8.59. The van der Waals surface area contributed by atoms with Crippen molar-refractivity contribution in [2.75, 3.05) is 19.6 Å². The molecule has 0 aromatic rings. The van der Waals surface area contributed by atoms with E-state index in [1.807, 2.05) is 0 Å². The normalized spacial score (nSPS) is 13.4. The molecule has 0 saturated carbocycles. The Balaban J connectivity index is 3.57. The summed E-state index contributed by atoms with van der Waals surface area (Å²) in [4.78, 5) is 2.69. The molecule has 0 heterocycles. The lowest BCUT2D eigenvalue weighted by atomic mass is 10.1. The fraction of sp³-hybridized carbons (Fsp3) is 1.00. The fourth-order valence-electron chi connectivity index (χ4n) is 2.36. The quantitative estimate of drug-likeness (QED) is 0.498. The maximum Gasteiger partial charge on any atom is 0.00643 e. The van der Waals surface area contributed by atoms with Crippen LogP contribution in [0.15, 0.2) is 0 Å². The number of hydrogen-bond acceptors (Lipinski definition) is 2. The zero-order valence-corrected chi connectivity index (χ0v) is 14.2. The molecule has 0 rings (SSSR count). The summed E-state index contributed by atoms with van der Waals surface area (Å²) in [7, 11) is 0. The summed E-state index contributed by atoms with van der Waals surface area (Å²) in [6.45, 7) is 15.2. The van der Waals surface area contributed by atoms with E-state index < -0.39 is 0 Å². The van der Waals surface area contributed by atoms with Gasteiger partial charge < -0.3 is 10.2 Å². The Bertz CT molecular complexity index is 180. The van der Waals surface area contributed by atoms with Gasteiger partial charge >= 0.3 is 0 Å². The maximum absolute atomic E-state index is 3.49. The van der Waals surface area contributed by atoms with E-state index in [1.165, 1.54) is 64.6 Å². The van der Waals surface area contributed by atoms with Crippen LogP contribution in [0.3, 0.4) is 0 Å². The average Bonchev–Trinajstić information content (AvgIpc) is 2.39. The predicted molar refractivity (Wildman–Crippen MR) is 87.8 cm³/mol. The minimum atomic E-state index is 0.634. The third-order valence-electron chi connectivity index (χ3n) is 3.94. The van der Waals surface area contributed by atoms with Crippen LogP contribution in [0, 0.1) is 0 Å². The number of nitrogens with one attached hydrogen (secondary N) is 1. The lowest BCUT2D eigenvalue weighted by Crippen LogP contribution is -2.34. The van der Waals surface area contributed by atoms with Crippen LogP contribution in [0.1, 0.15) is 79.6 Å². The van der Waals surface area contributed by atoms with Gasteiger partial charge in [0.1, 0.15) is 0 Å². The molecule has 1 N–H and O–H groups in total. The van der Waals surface area contributed by atoms with Gasteiger partial charge in [-0.2, -0.15) is 0 Å². The van der Waals surface area contributed by atoms with Crippen LogP contribution >= 0.6 is 0 Å². The number of unbranched alkanes of at least 4 members (excludes halogenated alkanes) is 4. The van der Waals surface area contributed by atoms with E-state index in [2.05, 4.69) is 44.8 Å². The van der Waals surface area contributed by atoms with Crippen LogP contribution in [0.4, 0.5) is 0 Å². The van der Waals surface area contributed by atoms with E-state index in [0.717, 1.165) is 6.04 Å². The van der Waals surface area contributed by atoms with E-state index in [1.54, 1.807) is 0 Å². The van der Waals surface area contributed by atoms with Crippen LogP contribution in [0.25, 0.3) is 0 Å². The van der Waals surface area contributed by atoms with Crippen molar-refractivity contribution in [1.29, 1.82) is 0 Å². The molecule has 0 radical (unpaired) electrons. The molecule has 116 valence electrons. The van der Waals surface area contributed by atoms with E-state index in [9.17, 15) is 0 Å². The molecule has 0 aromatic carbocycles. The van der Waals surface area contributed by atoms with Crippen LogP contribution in [0.2, 0.25) is 0 Å². The predicted octanol–water partition coefficient (Wildman–Crippen LogP) is 4.45. The van der Waals surface area contributed by atoms with Crippen LogP contribution < -0.4 is 5.32 Å². The van der Waals surface area contributed by atoms with Crippen LogP contribution in [-0.4, -0.2) is 36.6 Å². The minimum Gasteiger partial charge on any atom is -0.315 e. The molecule has 19 heavy (non-hydrogen) atoms. The van der Waals surface area contributed by atoms with Gasteiger partial charge in [0, 0.05) is 12.1 Å². The maximum atomic E-state index is 3.49. The molecular formula is C17H38N2. The smallest absolute Gasteiger partial charge is 0.00643 e. The third kappa shape index (κ3) is 11.4. The van der Waals surface area contributed by atoms with Crippen molar-refractivity contribution in [2.24, 2.45) is 0 Å². The van der Waals surface area contributed by atoms with Gasteiger partial charge in [0.05, 0.1) is 0 Å². The second-order valence-corrected chi connectivity index (χ2v) is 6.17. The Morgan fingerprint density at radius 2 is 1.47 bits per heavy atom. The molecule has 0 amide bonds. The van der Waals surface area contributed by atoms with Crippen LogP contribution in [-0.2, 0) is 0 Å². The van der Waals surface area contributed by atoms with Crippen molar-refractivity contribution in [1.82, 2.24) is 10.2 Å². The van der Waals surface area contributed by atoms with E-state index in [4.69, 9.17) is 0 Å². The van der Waals surface area contributed by atoms with Crippen molar-refractivity contribution in [3.05, 3.63) is 0 Å². The Kier molecular flexibility index (Phi) is 12.9. The second kappa shape index (κ2) is 12.9. The Morgan fingerprint density at radius 1 is 0.842 bits per heavy atom. The molecule has 0 bridgehead atoms. The second-order valence-electron chi connectivity index (χ2n) is 6.17. The Morgan fingerprint density at radius 3 is 2.05 bits per heavy atom. The molecule has 2 heteroatoms. The van der Waals surface area contributed by atoms with Gasteiger partial charge in [0.15, 0.2) is 0 Å². The third-order valence-corrected chi connectivity index (χ3v) is 3.94. The zero-order valence-electron chi connectivity index (χ0n) is 14.2. The highest BCUT2D eigenvalue weighted by atomic mass is 15.1. The molecule has 2 nitrogen and oxygen atoms in total. The highest BCUT2D eigenvalue weighted by Crippen LogP contribution is 2.09. The highest BCUT2D eigenvalue weighted by molar-refractivity contribution is 4.66. The Hall–Kier alpha value is -0.0800. The molecule has 0 fully saturated rings. The van der Waals surface area contributed by atoms with E-state index in [0.29, 0.717) is 6.04 Å². The zero-order chi connectivity index (χ0) is 14.5. The minimum absolute atomic E-state index is 0.634. The first kappa shape index (κ1) is 18.9.